The van der Waals surface area contributed by atoms with Crippen molar-refractivity contribution in [2.24, 2.45) is 5.73 Å². The van der Waals surface area contributed by atoms with Crippen molar-refractivity contribution in [1.29, 1.82) is 0 Å². The number of nitrogens with two attached hydrogens (primary N) is 1. The molecule has 4 N–H and O–H groups in total. The van der Waals surface area contributed by atoms with Crippen LogP contribution in [0, 0.1) is 0 Å². The van der Waals surface area contributed by atoms with Crippen molar-refractivity contribution < 1.29 is 19.5 Å². The largest absolute Gasteiger partial charge is 0.480 e. The minimum Gasteiger partial charge on any atom is -0.480 e. The molecule has 0 bridgehead atoms. The lowest BCUT2D eigenvalue weighted by atomic mass is 10.1. The first-order valence-electron chi connectivity index (χ1n) is 5.44. The first kappa shape index (κ1) is 16.2. The maximum absolute atomic E-state index is 11.9. The minimum absolute atomic E-state index is 0.00279. The number of aromatic nitrogens is 1. The van der Waals surface area contributed by atoms with Gasteiger partial charge in [-0.25, -0.2) is 9.78 Å². The molecule has 0 spiro atoms. The molecule has 0 saturated heterocycles. The fraction of sp³-hybridized carbons (Fsp3) is 0.273. The van der Waals surface area contributed by atoms with Gasteiger partial charge in [0.2, 0.25) is 5.91 Å². The number of rotatable bonds is 6. The molecule has 0 aromatic carbocycles. The van der Waals surface area contributed by atoms with Crippen LogP contribution in [0.15, 0.2) is 12.3 Å². The summed E-state index contributed by atoms with van der Waals surface area (Å²) in [6, 6.07) is -0.0373. The second-order valence-corrected chi connectivity index (χ2v) is 4.65. The number of aliphatic carboxylic acids is 1. The average molecular weight is 320 g/mol. The van der Waals surface area contributed by atoms with E-state index in [1.807, 2.05) is 0 Å². The molecule has 1 rings (SSSR count). The van der Waals surface area contributed by atoms with Crippen LogP contribution in [0.4, 0.5) is 0 Å². The zero-order valence-electron chi connectivity index (χ0n) is 10.1. The summed E-state index contributed by atoms with van der Waals surface area (Å²) in [5, 5.41) is 11.3. The van der Waals surface area contributed by atoms with Crippen molar-refractivity contribution in [2.75, 3.05) is 0 Å². The number of carboxylic acid groups (broad SMARTS) is 1. The minimum atomic E-state index is -1.28. The highest BCUT2D eigenvalue weighted by Gasteiger charge is 2.22. The highest BCUT2D eigenvalue weighted by Crippen LogP contribution is 2.18. The SMILES string of the molecule is NC(=O)CC[C@@H](NC(=O)c1cc(Cl)ncc1Cl)C(=O)O. The number of hydrogen-bond acceptors (Lipinski definition) is 4. The van der Waals surface area contributed by atoms with Crippen LogP contribution in [-0.2, 0) is 9.59 Å². The second kappa shape index (κ2) is 7.06. The third-order valence-corrected chi connectivity index (χ3v) is 2.86. The first-order valence-corrected chi connectivity index (χ1v) is 6.20. The topological polar surface area (TPSA) is 122 Å². The molecule has 20 heavy (non-hydrogen) atoms. The molecule has 0 aliphatic carbocycles. The van der Waals surface area contributed by atoms with Gasteiger partial charge in [0.05, 0.1) is 10.6 Å². The third kappa shape index (κ3) is 4.67. The molecule has 0 fully saturated rings. The van der Waals surface area contributed by atoms with Crippen molar-refractivity contribution in [3.63, 3.8) is 0 Å². The Morgan fingerprint density at radius 2 is 2.05 bits per heavy atom. The van der Waals surface area contributed by atoms with E-state index in [1.54, 1.807) is 0 Å². The van der Waals surface area contributed by atoms with Crippen LogP contribution in [0.25, 0.3) is 0 Å². The van der Waals surface area contributed by atoms with Gasteiger partial charge in [0.25, 0.3) is 5.91 Å². The standard InChI is InChI=1S/C11H11Cl2N3O4/c12-6-4-15-8(13)3-5(6)10(18)16-7(11(19)20)1-2-9(14)17/h3-4,7H,1-2H2,(H2,14,17)(H,16,18)(H,19,20)/t7-/m1/s1. The Hall–Kier alpha value is -1.86. The number of nitrogens with one attached hydrogen (secondary N) is 1. The summed E-state index contributed by atoms with van der Waals surface area (Å²) < 4.78 is 0. The summed E-state index contributed by atoms with van der Waals surface area (Å²) in [6.07, 6.45) is 0.896. The van der Waals surface area contributed by atoms with Gasteiger partial charge in [-0.1, -0.05) is 23.2 Å². The summed E-state index contributed by atoms with van der Waals surface area (Å²) in [4.78, 5) is 37.2. The van der Waals surface area contributed by atoms with Gasteiger partial charge in [-0.05, 0) is 12.5 Å². The van der Waals surface area contributed by atoms with Crippen molar-refractivity contribution in [3.8, 4) is 0 Å². The van der Waals surface area contributed by atoms with E-state index in [0.717, 1.165) is 0 Å². The fourth-order valence-electron chi connectivity index (χ4n) is 1.37. The summed E-state index contributed by atoms with van der Waals surface area (Å²) in [5.41, 5.74) is 4.93. The summed E-state index contributed by atoms with van der Waals surface area (Å²) in [7, 11) is 0. The molecular formula is C11H11Cl2N3O4. The maximum atomic E-state index is 11.9. The molecule has 2 amide bonds. The monoisotopic (exact) mass is 319 g/mol. The van der Waals surface area contributed by atoms with Crippen molar-refractivity contribution in [1.82, 2.24) is 10.3 Å². The lowest BCUT2D eigenvalue weighted by molar-refractivity contribution is -0.139. The number of nitrogens with zero attached hydrogens (tertiary/aromatic N) is 1. The lowest BCUT2D eigenvalue weighted by Gasteiger charge is -2.14. The lowest BCUT2D eigenvalue weighted by Crippen LogP contribution is -2.41. The Bertz CT molecular complexity index is 550. The van der Waals surface area contributed by atoms with Crippen LogP contribution in [0.5, 0.6) is 0 Å². The van der Waals surface area contributed by atoms with E-state index in [2.05, 4.69) is 10.3 Å². The van der Waals surface area contributed by atoms with Crippen LogP contribution in [0.1, 0.15) is 23.2 Å². The predicted molar refractivity (Wildman–Crippen MR) is 71.6 cm³/mol. The van der Waals surface area contributed by atoms with Gasteiger partial charge in [0.1, 0.15) is 11.2 Å². The van der Waals surface area contributed by atoms with E-state index in [9.17, 15) is 14.4 Å². The van der Waals surface area contributed by atoms with Crippen LogP contribution >= 0.6 is 23.2 Å². The molecule has 1 atom stereocenters. The quantitative estimate of drug-likeness (QED) is 0.670. The summed E-state index contributed by atoms with van der Waals surface area (Å²) in [6.45, 7) is 0. The molecule has 1 heterocycles. The van der Waals surface area contributed by atoms with Gasteiger partial charge in [0, 0.05) is 12.6 Å². The summed E-state index contributed by atoms with van der Waals surface area (Å²) >= 11 is 11.4. The number of pyridine rings is 1. The van der Waals surface area contributed by atoms with Gasteiger partial charge in [-0.3, -0.25) is 9.59 Å². The molecule has 108 valence electrons. The van der Waals surface area contributed by atoms with Crippen LogP contribution in [0.3, 0.4) is 0 Å². The molecule has 0 aliphatic heterocycles. The van der Waals surface area contributed by atoms with Gasteiger partial charge in [-0.2, -0.15) is 0 Å². The molecule has 0 saturated carbocycles. The molecule has 0 aliphatic rings. The number of carbonyl (C=O) groups excluding carboxylic acids is 2. The maximum Gasteiger partial charge on any atom is 0.326 e. The smallest absolute Gasteiger partial charge is 0.326 e. The van der Waals surface area contributed by atoms with Gasteiger partial charge < -0.3 is 16.2 Å². The van der Waals surface area contributed by atoms with Crippen LogP contribution < -0.4 is 11.1 Å². The summed E-state index contributed by atoms with van der Waals surface area (Å²) in [5.74, 6) is -2.66. The molecular weight excluding hydrogens is 309 g/mol. The van der Waals surface area contributed by atoms with Crippen molar-refractivity contribution in [3.05, 3.63) is 28.0 Å². The Morgan fingerprint density at radius 1 is 1.40 bits per heavy atom. The number of halogens is 2. The molecule has 1 aromatic heterocycles. The van der Waals surface area contributed by atoms with E-state index in [4.69, 9.17) is 34.0 Å². The molecule has 0 unspecified atom stereocenters. The zero-order valence-corrected chi connectivity index (χ0v) is 11.6. The van der Waals surface area contributed by atoms with E-state index in [-0.39, 0.29) is 28.6 Å². The third-order valence-electron chi connectivity index (χ3n) is 2.35. The Morgan fingerprint density at radius 3 is 2.60 bits per heavy atom. The normalized spacial score (nSPS) is 11.7. The number of amides is 2. The zero-order chi connectivity index (χ0) is 15.3. The Balaban J connectivity index is 2.82. The van der Waals surface area contributed by atoms with Crippen LogP contribution in [0.2, 0.25) is 10.2 Å². The predicted octanol–water partition coefficient (Wildman–Crippen LogP) is 0.837. The fourth-order valence-corrected chi connectivity index (χ4v) is 1.71. The molecule has 7 nitrogen and oxygen atoms in total. The number of primary amides is 1. The van der Waals surface area contributed by atoms with Crippen molar-refractivity contribution >= 4 is 41.0 Å². The van der Waals surface area contributed by atoms with E-state index >= 15 is 0 Å². The van der Waals surface area contributed by atoms with Crippen molar-refractivity contribution in [2.45, 2.75) is 18.9 Å². The van der Waals surface area contributed by atoms with Gasteiger partial charge in [-0.15, -0.1) is 0 Å². The first-order chi connectivity index (χ1) is 9.31. The van der Waals surface area contributed by atoms with Gasteiger partial charge in [0.15, 0.2) is 0 Å². The molecule has 9 heteroatoms. The number of carboxylic acids is 1. The Kier molecular flexibility index (Phi) is 5.72. The van der Waals surface area contributed by atoms with Crippen LogP contribution in [-0.4, -0.2) is 33.9 Å². The number of carbonyl (C=O) groups is 3. The molecule has 0 radical (unpaired) electrons. The van der Waals surface area contributed by atoms with E-state index in [0.29, 0.717) is 0 Å². The van der Waals surface area contributed by atoms with Gasteiger partial charge >= 0.3 is 5.97 Å². The van der Waals surface area contributed by atoms with E-state index in [1.165, 1.54) is 12.3 Å². The average Bonchev–Trinajstić information content (AvgIpc) is 2.36. The van der Waals surface area contributed by atoms with E-state index < -0.39 is 23.8 Å². The Labute approximate surface area is 124 Å². The highest BCUT2D eigenvalue weighted by atomic mass is 35.5. The highest BCUT2D eigenvalue weighted by molar-refractivity contribution is 6.35. The molecule has 1 aromatic rings. The second-order valence-electron chi connectivity index (χ2n) is 3.86. The number of hydrogen-bond donors (Lipinski definition) is 3.